The molecule has 0 aromatic carbocycles. The van der Waals surface area contributed by atoms with Crippen molar-refractivity contribution in [2.75, 3.05) is 13.1 Å². The molecule has 3 heteroatoms. The van der Waals surface area contributed by atoms with E-state index in [0.29, 0.717) is 5.92 Å². The van der Waals surface area contributed by atoms with Crippen molar-refractivity contribution in [1.82, 2.24) is 4.90 Å². The van der Waals surface area contributed by atoms with E-state index in [2.05, 4.69) is 13.8 Å². The lowest BCUT2D eigenvalue weighted by Crippen LogP contribution is -2.45. The van der Waals surface area contributed by atoms with Gasteiger partial charge in [-0.05, 0) is 18.8 Å². The zero-order valence-corrected chi connectivity index (χ0v) is 10.8. The van der Waals surface area contributed by atoms with Gasteiger partial charge >= 0.3 is 0 Å². The molecular formula is C12H22ClNO. The number of alkyl halides is 1. The van der Waals surface area contributed by atoms with Crippen LogP contribution < -0.4 is 0 Å². The number of carbonyl (C=O) groups excluding carboxylic acids is 1. The minimum atomic E-state index is 0.136. The summed E-state index contributed by atoms with van der Waals surface area (Å²) in [5.41, 5.74) is 0. The Labute approximate surface area is 98.0 Å². The summed E-state index contributed by atoms with van der Waals surface area (Å²) in [6, 6.07) is 0. The molecule has 1 aliphatic rings. The van der Waals surface area contributed by atoms with Gasteiger partial charge in [-0.15, -0.1) is 11.6 Å². The standard InChI is InChI=1S/C12H22ClNO/c1-4-5-10(3)12(15)14-7-6-9(2)11(13)8-14/h9-11H,4-8H2,1-3H3. The van der Waals surface area contributed by atoms with Crippen LogP contribution >= 0.6 is 11.6 Å². The molecule has 0 aromatic rings. The first-order chi connectivity index (χ1) is 7.06. The third-order valence-electron chi connectivity index (χ3n) is 3.32. The van der Waals surface area contributed by atoms with Crippen LogP contribution in [0, 0.1) is 11.8 Å². The molecule has 1 aliphatic heterocycles. The molecule has 0 saturated carbocycles. The highest BCUT2D eigenvalue weighted by Gasteiger charge is 2.29. The molecular weight excluding hydrogens is 210 g/mol. The van der Waals surface area contributed by atoms with Gasteiger partial charge in [-0.3, -0.25) is 4.79 Å². The lowest BCUT2D eigenvalue weighted by atomic mass is 9.96. The second kappa shape index (κ2) is 5.74. The Morgan fingerprint density at radius 1 is 1.60 bits per heavy atom. The molecule has 2 nitrogen and oxygen atoms in total. The summed E-state index contributed by atoms with van der Waals surface area (Å²) in [5, 5.41) is 0.136. The fourth-order valence-electron chi connectivity index (χ4n) is 2.09. The number of carbonyl (C=O) groups is 1. The third kappa shape index (κ3) is 3.37. The van der Waals surface area contributed by atoms with E-state index in [9.17, 15) is 4.79 Å². The maximum absolute atomic E-state index is 12.0. The number of piperidine rings is 1. The summed E-state index contributed by atoms with van der Waals surface area (Å²) in [5.74, 6) is 0.985. The summed E-state index contributed by atoms with van der Waals surface area (Å²) >= 11 is 6.19. The minimum absolute atomic E-state index is 0.136. The lowest BCUT2D eigenvalue weighted by molar-refractivity contribution is -0.136. The Morgan fingerprint density at radius 2 is 2.27 bits per heavy atom. The van der Waals surface area contributed by atoms with Crippen molar-refractivity contribution in [1.29, 1.82) is 0 Å². The Kier molecular flexibility index (Phi) is 4.91. The van der Waals surface area contributed by atoms with Crippen LogP contribution in [-0.2, 0) is 4.79 Å². The van der Waals surface area contributed by atoms with Crippen molar-refractivity contribution < 1.29 is 4.79 Å². The van der Waals surface area contributed by atoms with Crippen molar-refractivity contribution in [3.8, 4) is 0 Å². The Hall–Kier alpha value is -0.240. The number of hydrogen-bond donors (Lipinski definition) is 0. The van der Waals surface area contributed by atoms with E-state index in [-0.39, 0.29) is 17.2 Å². The highest BCUT2D eigenvalue weighted by Crippen LogP contribution is 2.23. The largest absolute Gasteiger partial charge is 0.341 e. The van der Waals surface area contributed by atoms with Gasteiger partial charge in [0.2, 0.25) is 5.91 Å². The van der Waals surface area contributed by atoms with E-state index in [4.69, 9.17) is 11.6 Å². The predicted molar refractivity (Wildman–Crippen MR) is 64.1 cm³/mol. The summed E-state index contributed by atoms with van der Waals surface area (Å²) in [6.45, 7) is 7.92. The summed E-state index contributed by atoms with van der Waals surface area (Å²) in [4.78, 5) is 13.9. The molecule has 0 radical (unpaired) electrons. The number of likely N-dealkylation sites (tertiary alicyclic amines) is 1. The van der Waals surface area contributed by atoms with Crippen LogP contribution in [0.1, 0.15) is 40.0 Å². The van der Waals surface area contributed by atoms with Gasteiger partial charge in [0.25, 0.3) is 0 Å². The first-order valence-electron chi connectivity index (χ1n) is 5.99. The van der Waals surface area contributed by atoms with E-state index in [0.717, 1.165) is 32.4 Å². The zero-order valence-electron chi connectivity index (χ0n) is 10.0. The highest BCUT2D eigenvalue weighted by atomic mass is 35.5. The zero-order chi connectivity index (χ0) is 11.4. The van der Waals surface area contributed by atoms with Gasteiger partial charge < -0.3 is 4.90 Å². The molecule has 1 heterocycles. The Morgan fingerprint density at radius 3 is 2.80 bits per heavy atom. The van der Waals surface area contributed by atoms with Crippen LogP contribution in [0.4, 0.5) is 0 Å². The molecule has 1 rings (SSSR count). The fraction of sp³-hybridized carbons (Fsp3) is 0.917. The summed E-state index contributed by atoms with van der Waals surface area (Å²) < 4.78 is 0. The van der Waals surface area contributed by atoms with Gasteiger partial charge in [0.1, 0.15) is 0 Å². The van der Waals surface area contributed by atoms with Crippen LogP contribution in [0.25, 0.3) is 0 Å². The molecule has 1 saturated heterocycles. The summed E-state index contributed by atoms with van der Waals surface area (Å²) in [7, 11) is 0. The van der Waals surface area contributed by atoms with E-state index >= 15 is 0 Å². The molecule has 1 amide bonds. The number of nitrogens with zero attached hydrogens (tertiary/aromatic N) is 1. The van der Waals surface area contributed by atoms with Gasteiger partial charge in [-0.25, -0.2) is 0 Å². The molecule has 0 aromatic heterocycles. The fourth-order valence-corrected chi connectivity index (χ4v) is 2.38. The average molecular weight is 232 g/mol. The quantitative estimate of drug-likeness (QED) is 0.684. The van der Waals surface area contributed by atoms with E-state index in [1.54, 1.807) is 0 Å². The molecule has 0 aliphatic carbocycles. The number of rotatable bonds is 3. The van der Waals surface area contributed by atoms with Gasteiger partial charge in [-0.2, -0.15) is 0 Å². The van der Waals surface area contributed by atoms with Crippen LogP contribution in [-0.4, -0.2) is 29.3 Å². The van der Waals surface area contributed by atoms with Crippen molar-refractivity contribution >= 4 is 17.5 Å². The van der Waals surface area contributed by atoms with Crippen molar-refractivity contribution in [3.05, 3.63) is 0 Å². The molecule has 3 unspecified atom stereocenters. The number of amides is 1. The maximum Gasteiger partial charge on any atom is 0.225 e. The average Bonchev–Trinajstić information content (AvgIpc) is 2.21. The van der Waals surface area contributed by atoms with Gasteiger partial charge in [0.05, 0.1) is 5.38 Å². The molecule has 0 N–H and O–H groups in total. The smallest absolute Gasteiger partial charge is 0.225 e. The third-order valence-corrected chi connectivity index (χ3v) is 3.89. The molecule has 88 valence electrons. The van der Waals surface area contributed by atoms with Gasteiger partial charge in [-0.1, -0.05) is 27.2 Å². The van der Waals surface area contributed by atoms with Crippen LogP contribution in [0.2, 0.25) is 0 Å². The van der Waals surface area contributed by atoms with Crippen LogP contribution in [0.3, 0.4) is 0 Å². The first kappa shape index (κ1) is 12.8. The lowest BCUT2D eigenvalue weighted by Gasteiger charge is -2.35. The molecule has 3 atom stereocenters. The molecule has 0 bridgehead atoms. The first-order valence-corrected chi connectivity index (χ1v) is 6.42. The van der Waals surface area contributed by atoms with Gasteiger partial charge in [0.15, 0.2) is 0 Å². The normalized spacial score (nSPS) is 28.9. The van der Waals surface area contributed by atoms with E-state index < -0.39 is 0 Å². The Bertz CT molecular complexity index is 220. The maximum atomic E-state index is 12.0. The summed E-state index contributed by atoms with van der Waals surface area (Å²) in [6.07, 6.45) is 3.10. The second-order valence-electron chi connectivity index (χ2n) is 4.76. The molecule has 15 heavy (non-hydrogen) atoms. The predicted octanol–water partition coefficient (Wildman–Crippen LogP) is 2.90. The van der Waals surface area contributed by atoms with E-state index in [1.807, 2.05) is 11.8 Å². The van der Waals surface area contributed by atoms with Gasteiger partial charge in [0, 0.05) is 19.0 Å². The second-order valence-corrected chi connectivity index (χ2v) is 5.32. The topological polar surface area (TPSA) is 20.3 Å². The monoisotopic (exact) mass is 231 g/mol. The Balaban J connectivity index is 2.47. The van der Waals surface area contributed by atoms with Crippen molar-refractivity contribution in [2.24, 2.45) is 11.8 Å². The SMILES string of the molecule is CCCC(C)C(=O)N1CCC(C)C(Cl)C1. The minimum Gasteiger partial charge on any atom is -0.341 e. The van der Waals surface area contributed by atoms with Crippen LogP contribution in [0.5, 0.6) is 0 Å². The number of hydrogen-bond acceptors (Lipinski definition) is 1. The molecule has 1 fully saturated rings. The van der Waals surface area contributed by atoms with Crippen molar-refractivity contribution in [2.45, 2.75) is 45.4 Å². The molecule has 0 spiro atoms. The van der Waals surface area contributed by atoms with Crippen molar-refractivity contribution in [3.63, 3.8) is 0 Å². The highest BCUT2D eigenvalue weighted by molar-refractivity contribution is 6.21. The van der Waals surface area contributed by atoms with Crippen LogP contribution in [0.15, 0.2) is 0 Å². The van der Waals surface area contributed by atoms with E-state index in [1.165, 1.54) is 0 Å². The number of halogens is 1.